The maximum atomic E-state index is 12.2. The van der Waals surface area contributed by atoms with E-state index in [1.807, 2.05) is 32.9 Å². The molecule has 0 saturated carbocycles. The first-order chi connectivity index (χ1) is 11.9. The zero-order valence-electron chi connectivity index (χ0n) is 14.8. The number of hydrogen-bond donors (Lipinski definition) is 2. The molecule has 25 heavy (non-hydrogen) atoms. The van der Waals surface area contributed by atoms with E-state index in [9.17, 15) is 9.59 Å². The van der Waals surface area contributed by atoms with E-state index in [0.717, 1.165) is 5.56 Å². The monoisotopic (exact) mass is 342 g/mol. The van der Waals surface area contributed by atoms with Crippen LogP contribution >= 0.6 is 0 Å². The molecule has 0 aliphatic heterocycles. The fourth-order valence-corrected chi connectivity index (χ4v) is 2.12. The number of rotatable bonds is 5. The number of benzene rings is 2. The summed E-state index contributed by atoms with van der Waals surface area (Å²) in [6.07, 6.45) is -0.0117. The Balaban J connectivity index is 2.02. The summed E-state index contributed by atoms with van der Waals surface area (Å²) in [5, 5.41) is 0. The van der Waals surface area contributed by atoms with Gasteiger partial charge in [-0.05, 0) is 51.1 Å². The molecule has 2 amide bonds. The minimum atomic E-state index is -0.449. The molecule has 0 aliphatic carbocycles. The number of carbonyl (C=O) groups is 2. The van der Waals surface area contributed by atoms with Gasteiger partial charge in [0, 0.05) is 11.1 Å². The zero-order valence-corrected chi connectivity index (χ0v) is 14.8. The average molecular weight is 342 g/mol. The molecule has 0 atom stereocenters. The summed E-state index contributed by atoms with van der Waals surface area (Å²) in [5.74, 6) is 0.166. The van der Waals surface area contributed by atoms with Crippen LogP contribution in [0.3, 0.4) is 0 Å². The predicted octanol–water partition coefficient (Wildman–Crippen LogP) is 2.87. The fourth-order valence-electron chi connectivity index (χ4n) is 2.12. The molecule has 6 heteroatoms. The fraction of sp³-hybridized carbons (Fsp3) is 0.263. The molecule has 0 saturated heterocycles. The molecule has 0 unspecified atom stereocenters. The van der Waals surface area contributed by atoms with Crippen LogP contribution in [-0.2, 0) is 0 Å². The zero-order chi connectivity index (χ0) is 18.4. The maximum absolute atomic E-state index is 12.2. The van der Waals surface area contributed by atoms with Crippen molar-refractivity contribution in [3.8, 4) is 11.5 Å². The highest BCUT2D eigenvalue weighted by molar-refractivity contribution is 5.99. The quantitative estimate of drug-likeness (QED) is 0.819. The van der Waals surface area contributed by atoms with Gasteiger partial charge in [-0.3, -0.25) is 20.4 Å². The van der Waals surface area contributed by atoms with Crippen LogP contribution in [0.1, 0.15) is 40.1 Å². The summed E-state index contributed by atoms with van der Waals surface area (Å²) in [6, 6.07) is 11.9. The van der Waals surface area contributed by atoms with Gasteiger partial charge in [-0.25, -0.2) is 0 Å². The lowest BCUT2D eigenvalue weighted by Gasteiger charge is -2.14. The van der Waals surface area contributed by atoms with Crippen LogP contribution < -0.4 is 20.3 Å². The third-order valence-corrected chi connectivity index (χ3v) is 3.39. The van der Waals surface area contributed by atoms with Crippen molar-refractivity contribution in [2.75, 3.05) is 7.11 Å². The Morgan fingerprint density at radius 1 is 0.880 bits per heavy atom. The molecule has 2 N–H and O–H groups in total. The molecule has 0 aromatic heterocycles. The van der Waals surface area contributed by atoms with Crippen molar-refractivity contribution in [3.63, 3.8) is 0 Å². The number of amides is 2. The Morgan fingerprint density at radius 3 is 2.00 bits per heavy atom. The number of ether oxygens (including phenoxy) is 2. The molecule has 0 aliphatic rings. The van der Waals surface area contributed by atoms with E-state index in [1.54, 1.807) is 30.3 Å². The molecule has 0 fully saturated rings. The Bertz CT molecular complexity index is 755. The molecule has 0 radical (unpaired) electrons. The molecule has 132 valence electrons. The van der Waals surface area contributed by atoms with Gasteiger partial charge < -0.3 is 9.47 Å². The van der Waals surface area contributed by atoms with Crippen LogP contribution in [0.2, 0.25) is 0 Å². The highest BCUT2D eigenvalue weighted by Gasteiger charge is 2.13. The van der Waals surface area contributed by atoms with Crippen molar-refractivity contribution < 1.29 is 19.1 Å². The summed E-state index contributed by atoms with van der Waals surface area (Å²) in [5.41, 5.74) is 6.64. The highest BCUT2D eigenvalue weighted by atomic mass is 16.5. The number of methoxy groups -OCH3 is 1. The third kappa shape index (κ3) is 4.97. The first kappa shape index (κ1) is 18.3. The second-order valence-electron chi connectivity index (χ2n) is 5.81. The molecule has 2 aromatic rings. The Hall–Kier alpha value is -3.02. The first-order valence-electron chi connectivity index (χ1n) is 7.92. The predicted molar refractivity (Wildman–Crippen MR) is 94.9 cm³/mol. The van der Waals surface area contributed by atoms with Crippen LogP contribution in [-0.4, -0.2) is 25.0 Å². The van der Waals surface area contributed by atoms with Crippen LogP contribution in [0.15, 0.2) is 42.5 Å². The van der Waals surface area contributed by atoms with Crippen molar-refractivity contribution >= 4 is 11.8 Å². The minimum absolute atomic E-state index is 0.0117. The lowest BCUT2D eigenvalue weighted by Crippen LogP contribution is -2.41. The molecular formula is C19H22N2O4. The van der Waals surface area contributed by atoms with Gasteiger partial charge in [0.15, 0.2) is 11.5 Å². The Kier molecular flexibility index (Phi) is 6.00. The van der Waals surface area contributed by atoms with E-state index in [-0.39, 0.29) is 12.0 Å². The summed E-state index contributed by atoms with van der Waals surface area (Å²) < 4.78 is 10.9. The number of hydrazine groups is 1. The van der Waals surface area contributed by atoms with Gasteiger partial charge in [0.2, 0.25) is 0 Å². The minimum Gasteiger partial charge on any atom is -0.493 e. The molecule has 0 heterocycles. The van der Waals surface area contributed by atoms with Gasteiger partial charge in [-0.15, -0.1) is 0 Å². The van der Waals surface area contributed by atoms with E-state index in [1.165, 1.54) is 7.11 Å². The number of hydrogen-bond acceptors (Lipinski definition) is 4. The van der Waals surface area contributed by atoms with E-state index in [4.69, 9.17) is 9.47 Å². The van der Waals surface area contributed by atoms with Gasteiger partial charge in [-0.2, -0.15) is 0 Å². The summed E-state index contributed by atoms with van der Waals surface area (Å²) in [4.78, 5) is 24.2. The topological polar surface area (TPSA) is 76.7 Å². The standard InChI is InChI=1S/C19H22N2O4/c1-12(2)25-16-10-9-15(11-17(16)24-4)19(23)21-20-18(22)14-7-5-13(3)6-8-14/h5-12H,1-4H3,(H,20,22)(H,21,23). The number of carbonyl (C=O) groups excluding carboxylic acids is 2. The first-order valence-corrected chi connectivity index (χ1v) is 7.92. The van der Waals surface area contributed by atoms with Crippen molar-refractivity contribution in [2.45, 2.75) is 26.9 Å². The normalized spacial score (nSPS) is 10.3. The SMILES string of the molecule is COc1cc(C(=O)NNC(=O)c2ccc(C)cc2)ccc1OC(C)C. The van der Waals surface area contributed by atoms with E-state index < -0.39 is 5.91 Å². The van der Waals surface area contributed by atoms with E-state index in [2.05, 4.69) is 10.9 Å². The lowest BCUT2D eigenvalue weighted by molar-refractivity contribution is 0.0846. The smallest absolute Gasteiger partial charge is 0.269 e. The molecule has 2 rings (SSSR count). The maximum Gasteiger partial charge on any atom is 0.269 e. The second kappa shape index (κ2) is 8.19. The van der Waals surface area contributed by atoms with Crippen molar-refractivity contribution in [1.82, 2.24) is 10.9 Å². The molecule has 0 spiro atoms. The van der Waals surface area contributed by atoms with E-state index >= 15 is 0 Å². The van der Waals surface area contributed by atoms with Crippen molar-refractivity contribution in [3.05, 3.63) is 59.2 Å². The van der Waals surface area contributed by atoms with Crippen molar-refractivity contribution in [1.29, 1.82) is 0 Å². The Morgan fingerprint density at radius 2 is 1.44 bits per heavy atom. The largest absolute Gasteiger partial charge is 0.493 e. The van der Waals surface area contributed by atoms with Gasteiger partial charge in [0.1, 0.15) is 0 Å². The van der Waals surface area contributed by atoms with Crippen LogP contribution in [0.25, 0.3) is 0 Å². The van der Waals surface area contributed by atoms with Gasteiger partial charge in [-0.1, -0.05) is 17.7 Å². The highest BCUT2D eigenvalue weighted by Crippen LogP contribution is 2.28. The lowest BCUT2D eigenvalue weighted by atomic mass is 10.1. The van der Waals surface area contributed by atoms with Crippen LogP contribution in [0.4, 0.5) is 0 Å². The van der Waals surface area contributed by atoms with Gasteiger partial charge in [0.05, 0.1) is 13.2 Å². The summed E-state index contributed by atoms with van der Waals surface area (Å²) in [6.45, 7) is 5.74. The van der Waals surface area contributed by atoms with Crippen LogP contribution in [0, 0.1) is 6.92 Å². The molecule has 6 nitrogen and oxygen atoms in total. The number of nitrogens with one attached hydrogen (secondary N) is 2. The van der Waals surface area contributed by atoms with Gasteiger partial charge >= 0.3 is 0 Å². The molecular weight excluding hydrogens is 320 g/mol. The van der Waals surface area contributed by atoms with Gasteiger partial charge in [0.25, 0.3) is 11.8 Å². The third-order valence-electron chi connectivity index (χ3n) is 3.39. The summed E-state index contributed by atoms with van der Waals surface area (Å²) in [7, 11) is 1.50. The van der Waals surface area contributed by atoms with Crippen LogP contribution in [0.5, 0.6) is 11.5 Å². The van der Waals surface area contributed by atoms with Crippen molar-refractivity contribution in [2.24, 2.45) is 0 Å². The number of aryl methyl sites for hydroxylation is 1. The summed E-state index contributed by atoms with van der Waals surface area (Å²) >= 11 is 0. The Labute approximate surface area is 147 Å². The average Bonchev–Trinajstić information content (AvgIpc) is 2.59. The van der Waals surface area contributed by atoms with E-state index in [0.29, 0.717) is 22.6 Å². The molecule has 2 aromatic carbocycles. The second-order valence-corrected chi connectivity index (χ2v) is 5.81. The molecule has 0 bridgehead atoms.